The summed E-state index contributed by atoms with van der Waals surface area (Å²) in [6.07, 6.45) is 5.00. The zero-order valence-electron chi connectivity index (χ0n) is 16.7. The lowest BCUT2D eigenvalue weighted by molar-refractivity contribution is -0.115. The topological polar surface area (TPSA) is 61.4 Å². The minimum atomic E-state index is -0.388. The van der Waals surface area contributed by atoms with Crippen LogP contribution < -0.4 is 10.6 Å². The molecule has 0 aromatic heterocycles. The largest absolute Gasteiger partial charge is 0.339 e. The highest BCUT2D eigenvalue weighted by molar-refractivity contribution is 7.80. The number of halogens is 1. The van der Waals surface area contributed by atoms with Crippen LogP contribution >= 0.6 is 23.8 Å². The number of hydrogen-bond acceptors (Lipinski definition) is 3. The number of hydrogen-bond donors (Lipinski definition) is 2. The van der Waals surface area contributed by atoms with E-state index in [4.69, 9.17) is 23.8 Å². The van der Waals surface area contributed by atoms with E-state index in [1.807, 2.05) is 35.2 Å². The van der Waals surface area contributed by atoms with Crippen molar-refractivity contribution < 1.29 is 9.59 Å². The molecule has 0 aliphatic carbocycles. The summed E-state index contributed by atoms with van der Waals surface area (Å²) in [7, 11) is 0. The van der Waals surface area contributed by atoms with Gasteiger partial charge in [-0.05, 0) is 60.8 Å². The lowest BCUT2D eigenvalue weighted by Gasteiger charge is -2.30. The van der Waals surface area contributed by atoms with E-state index >= 15 is 0 Å². The summed E-state index contributed by atoms with van der Waals surface area (Å²) in [6, 6.07) is 14.4. The van der Waals surface area contributed by atoms with Gasteiger partial charge in [-0.3, -0.25) is 14.9 Å². The van der Waals surface area contributed by atoms with Crippen LogP contribution in [0.15, 0.2) is 54.6 Å². The summed E-state index contributed by atoms with van der Waals surface area (Å²) in [5.74, 6) is 0.225. The number of carbonyl (C=O) groups excluding carboxylic acids is 2. The number of nitrogens with one attached hydrogen (secondary N) is 2. The molecule has 156 valence electrons. The summed E-state index contributed by atoms with van der Waals surface area (Å²) in [4.78, 5) is 27.0. The maximum atomic E-state index is 13.0. The van der Waals surface area contributed by atoms with Gasteiger partial charge in [-0.1, -0.05) is 48.9 Å². The molecule has 2 N–H and O–H groups in total. The minimum Gasteiger partial charge on any atom is -0.339 e. The Morgan fingerprint density at radius 3 is 2.50 bits per heavy atom. The molecule has 5 nitrogen and oxygen atoms in total. The monoisotopic (exact) mass is 441 g/mol. The molecule has 2 amide bonds. The van der Waals surface area contributed by atoms with Crippen LogP contribution in [0, 0.1) is 5.92 Å². The summed E-state index contributed by atoms with van der Waals surface area (Å²) >= 11 is 11.3. The average molecular weight is 442 g/mol. The van der Waals surface area contributed by atoms with Gasteiger partial charge in [-0.2, -0.15) is 0 Å². The Balaban J connectivity index is 1.62. The van der Waals surface area contributed by atoms with Crippen molar-refractivity contribution in [1.82, 2.24) is 10.2 Å². The summed E-state index contributed by atoms with van der Waals surface area (Å²) in [6.45, 7) is 3.71. The molecule has 0 radical (unpaired) electrons. The fourth-order valence-corrected chi connectivity index (χ4v) is 3.65. The first kappa shape index (κ1) is 22.0. The highest BCUT2D eigenvalue weighted by atomic mass is 35.5. The van der Waals surface area contributed by atoms with Crippen molar-refractivity contribution in [2.75, 3.05) is 18.4 Å². The van der Waals surface area contributed by atoms with Crippen LogP contribution in [0.3, 0.4) is 0 Å². The third kappa shape index (κ3) is 5.90. The molecule has 0 unspecified atom stereocenters. The number of benzene rings is 2. The zero-order chi connectivity index (χ0) is 21.5. The van der Waals surface area contributed by atoms with Gasteiger partial charge < -0.3 is 10.2 Å². The molecule has 0 saturated carbocycles. The van der Waals surface area contributed by atoms with Crippen LogP contribution in [-0.2, 0) is 4.79 Å². The number of para-hydroxylation sites is 1. The quantitative estimate of drug-likeness (QED) is 0.531. The van der Waals surface area contributed by atoms with Crippen molar-refractivity contribution in [2.24, 2.45) is 5.92 Å². The van der Waals surface area contributed by atoms with Gasteiger partial charge in [-0.25, -0.2) is 0 Å². The second kappa shape index (κ2) is 10.4. The number of anilines is 1. The van der Waals surface area contributed by atoms with Crippen molar-refractivity contribution >= 4 is 52.5 Å². The highest BCUT2D eigenvalue weighted by Gasteiger charge is 2.23. The molecule has 1 aliphatic heterocycles. The van der Waals surface area contributed by atoms with Crippen molar-refractivity contribution in [1.29, 1.82) is 0 Å². The van der Waals surface area contributed by atoms with Crippen LogP contribution in [-0.4, -0.2) is 34.9 Å². The molecule has 1 saturated heterocycles. The Morgan fingerprint density at radius 1 is 1.10 bits per heavy atom. The number of rotatable bonds is 4. The van der Waals surface area contributed by atoms with Crippen LogP contribution in [0.2, 0.25) is 5.02 Å². The second-order valence-corrected chi connectivity index (χ2v) is 8.13. The molecule has 1 aliphatic rings. The van der Waals surface area contributed by atoms with E-state index in [-0.39, 0.29) is 16.9 Å². The number of carbonyl (C=O) groups is 2. The Hall–Kier alpha value is -2.70. The fourth-order valence-electron chi connectivity index (χ4n) is 3.24. The van der Waals surface area contributed by atoms with Crippen molar-refractivity contribution in [2.45, 2.75) is 19.8 Å². The minimum absolute atomic E-state index is 0.0299. The first-order valence-corrected chi connectivity index (χ1v) is 10.7. The van der Waals surface area contributed by atoms with Gasteiger partial charge in [0.05, 0.1) is 11.3 Å². The zero-order valence-corrected chi connectivity index (χ0v) is 18.3. The standard InChI is InChI=1S/C23H24ClN3O2S/c1-16-12-14-27(15-13-16)22(29)18-7-3-5-9-20(18)25-23(30)26-21(28)11-10-17-6-2-4-8-19(17)24/h2-11,16H,12-15H2,1H3,(H2,25,26,28,30). The predicted octanol–water partition coefficient (Wildman–Crippen LogP) is 4.74. The van der Waals surface area contributed by atoms with Gasteiger partial charge >= 0.3 is 0 Å². The molecule has 2 aromatic rings. The van der Waals surface area contributed by atoms with Crippen LogP contribution in [0.5, 0.6) is 0 Å². The van der Waals surface area contributed by atoms with Gasteiger partial charge in [0.25, 0.3) is 5.91 Å². The van der Waals surface area contributed by atoms with Crippen LogP contribution in [0.25, 0.3) is 6.08 Å². The number of thiocarbonyl (C=S) groups is 1. The maximum absolute atomic E-state index is 13.0. The number of piperidine rings is 1. The highest BCUT2D eigenvalue weighted by Crippen LogP contribution is 2.22. The Labute approximate surface area is 187 Å². The molecular weight excluding hydrogens is 418 g/mol. The molecule has 2 aromatic carbocycles. The van der Waals surface area contributed by atoms with E-state index < -0.39 is 0 Å². The molecule has 3 rings (SSSR count). The van der Waals surface area contributed by atoms with E-state index in [9.17, 15) is 9.59 Å². The summed E-state index contributed by atoms with van der Waals surface area (Å²) < 4.78 is 0. The maximum Gasteiger partial charge on any atom is 0.255 e. The first-order chi connectivity index (χ1) is 14.4. The number of likely N-dealkylation sites (tertiary alicyclic amines) is 1. The third-order valence-corrected chi connectivity index (χ3v) is 5.58. The van der Waals surface area contributed by atoms with Gasteiger partial charge in [0.15, 0.2) is 5.11 Å². The summed E-state index contributed by atoms with van der Waals surface area (Å²) in [5, 5.41) is 6.25. The molecule has 0 atom stereocenters. The van der Waals surface area contributed by atoms with Crippen LogP contribution in [0.1, 0.15) is 35.7 Å². The van der Waals surface area contributed by atoms with Crippen molar-refractivity contribution in [3.8, 4) is 0 Å². The molecule has 30 heavy (non-hydrogen) atoms. The van der Waals surface area contributed by atoms with Gasteiger partial charge in [0.2, 0.25) is 5.91 Å². The summed E-state index contributed by atoms with van der Waals surface area (Å²) in [5.41, 5.74) is 1.84. The smallest absolute Gasteiger partial charge is 0.255 e. The van der Waals surface area contributed by atoms with Crippen LogP contribution in [0.4, 0.5) is 5.69 Å². The molecular formula is C23H24ClN3O2S. The van der Waals surface area contributed by atoms with E-state index in [2.05, 4.69) is 17.6 Å². The lowest BCUT2D eigenvalue weighted by atomic mass is 9.98. The Kier molecular flexibility index (Phi) is 7.60. The third-order valence-electron chi connectivity index (χ3n) is 5.03. The van der Waals surface area contributed by atoms with Gasteiger partial charge in [0.1, 0.15) is 0 Å². The van der Waals surface area contributed by atoms with Gasteiger partial charge in [0, 0.05) is 24.2 Å². The Bertz CT molecular complexity index is 968. The normalized spacial score (nSPS) is 14.5. The number of amides is 2. The van der Waals surface area contributed by atoms with Gasteiger partial charge in [-0.15, -0.1) is 0 Å². The SMILES string of the molecule is CC1CCN(C(=O)c2ccccc2NC(=S)NC(=O)C=Cc2ccccc2Cl)CC1. The first-order valence-electron chi connectivity index (χ1n) is 9.87. The molecule has 1 fully saturated rings. The predicted molar refractivity (Wildman–Crippen MR) is 126 cm³/mol. The second-order valence-electron chi connectivity index (χ2n) is 7.32. The number of nitrogens with zero attached hydrogens (tertiary/aromatic N) is 1. The molecule has 0 bridgehead atoms. The molecule has 1 heterocycles. The van der Waals surface area contributed by atoms with Crippen molar-refractivity contribution in [3.63, 3.8) is 0 Å². The fraction of sp³-hybridized carbons (Fsp3) is 0.261. The van der Waals surface area contributed by atoms with Crippen molar-refractivity contribution in [3.05, 3.63) is 70.8 Å². The van der Waals surface area contributed by atoms with E-state index in [1.165, 1.54) is 6.08 Å². The van der Waals surface area contributed by atoms with E-state index in [0.717, 1.165) is 31.5 Å². The molecule has 7 heteroatoms. The lowest BCUT2D eigenvalue weighted by Crippen LogP contribution is -2.39. The van der Waals surface area contributed by atoms with E-state index in [0.29, 0.717) is 22.2 Å². The average Bonchev–Trinajstić information content (AvgIpc) is 2.73. The molecule has 0 spiro atoms. The van der Waals surface area contributed by atoms with E-state index in [1.54, 1.807) is 24.3 Å². The Morgan fingerprint density at radius 2 is 1.77 bits per heavy atom.